The second-order valence-corrected chi connectivity index (χ2v) is 6.94. The molecule has 0 aliphatic carbocycles. The summed E-state index contributed by atoms with van der Waals surface area (Å²) in [6.45, 7) is 2.84. The molecule has 0 radical (unpaired) electrons. The van der Waals surface area contributed by atoms with Gasteiger partial charge in [0.05, 0.1) is 5.39 Å². The second-order valence-electron chi connectivity index (χ2n) is 6.08. The standard InChI is InChI=1S/C21H18FN3S/c1-2-14-3-5-15(6-4-14)11-23-20-19-18(12-26-21(19)25-13-24-20)16-7-9-17(22)10-8-16/h3-10,12-13H,2,11H2,1H3,(H,23,24,25). The van der Waals surface area contributed by atoms with Crippen LogP contribution in [0.1, 0.15) is 18.1 Å². The van der Waals surface area contributed by atoms with Gasteiger partial charge in [0.1, 0.15) is 22.8 Å². The average Bonchev–Trinajstić information content (AvgIpc) is 3.12. The molecule has 2 heterocycles. The molecule has 0 spiro atoms. The van der Waals surface area contributed by atoms with Crippen LogP contribution in [0.15, 0.2) is 60.2 Å². The van der Waals surface area contributed by atoms with Crippen molar-refractivity contribution >= 4 is 27.4 Å². The van der Waals surface area contributed by atoms with Crippen LogP contribution in [0.2, 0.25) is 0 Å². The summed E-state index contributed by atoms with van der Waals surface area (Å²) in [5, 5.41) is 6.46. The van der Waals surface area contributed by atoms with Crippen molar-refractivity contribution in [3.8, 4) is 11.1 Å². The minimum atomic E-state index is -0.238. The van der Waals surface area contributed by atoms with Gasteiger partial charge in [-0.2, -0.15) is 0 Å². The monoisotopic (exact) mass is 363 g/mol. The van der Waals surface area contributed by atoms with Crippen LogP contribution in [-0.4, -0.2) is 9.97 Å². The Labute approximate surface area is 155 Å². The second kappa shape index (κ2) is 7.22. The third kappa shape index (κ3) is 3.30. The molecule has 3 nitrogen and oxygen atoms in total. The molecule has 4 aromatic rings. The Morgan fingerprint density at radius 1 is 0.962 bits per heavy atom. The molecule has 0 fully saturated rings. The third-order valence-corrected chi connectivity index (χ3v) is 5.30. The summed E-state index contributed by atoms with van der Waals surface area (Å²) in [4.78, 5) is 9.74. The van der Waals surface area contributed by atoms with Gasteiger partial charge in [-0.3, -0.25) is 0 Å². The van der Waals surface area contributed by atoms with E-state index in [1.165, 1.54) is 23.3 Å². The SMILES string of the molecule is CCc1ccc(CNc2ncnc3scc(-c4ccc(F)cc4)c23)cc1. The molecule has 0 aliphatic rings. The van der Waals surface area contributed by atoms with E-state index in [4.69, 9.17) is 0 Å². The lowest BCUT2D eigenvalue weighted by Crippen LogP contribution is -2.02. The molecule has 26 heavy (non-hydrogen) atoms. The van der Waals surface area contributed by atoms with E-state index in [1.807, 2.05) is 5.38 Å². The summed E-state index contributed by atoms with van der Waals surface area (Å²) in [5.74, 6) is 0.563. The molecule has 2 aromatic heterocycles. The fourth-order valence-electron chi connectivity index (χ4n) is 2.93. The number of benzene rings is 2. The van der Waals surface area contributed by atoms with Crippen molar-refractivity contribution in [2.75, 3.05) is 5.32 Å². The number of halogens is 1. The first kappa shape index (κ1) is 16.7. The Balaban J connectivity index is 1.66. The first-order chi connectivity index (χ1) is 12.7. The van der Waals surface area contributed by atoms with Gasteiger partial charge >= 0.3 is 0 Å². The van der Waals surface area contributed by atoms with Gasteiger partial charge in [0.15, 0.2) is 0 Å². The van der Waals surface area contributed by atoms with Crippen molar-refractivity contribution in [1.82, 2.24) is 9.97 Å². The first-order valence-corrected chi connectivity index (χ1v) is 9.42. The van der Waals surface area contributed by atoms with Crippen molar-refractivity contribution in [2.45, 2.75) is 19.9 Å². The summed E-state index contributed by atoms with van der Waals surface area (Å²) < 4.78 is 13.2. The van der Waals surface area contributed by atoms with Gasteiger partial charge < -0.3 is 5.32 Å². The molecule has 5 heteroatoms. The molecule has 0 aliphatic heterocycles. The van der Waals surface area contributed by atoms with Crippen molar-refractivity contribution in [1.29, 1.82) is 0 Å². The van der Waals surface area contributed by atoms with Crippen LogP contribution in [-0.2, 0) is 13.0 Å². The molecule has 130 valence electrons. The van der Waals surface area contributed by atoms with Gasteiger partial charge in [-0.25, -0.2) is 14.4 Å². The van der Waals surface area contributed by atoms with Gasteiger partial charge in [0, 0.05) is 17.5 Å². The Kier molecular flexibility index (Phi) is 4.63. The summed E-state index contributed by atoms with van der Waals surface area (Å²) >= 11 is 1.57. The van der Waals surface area contributed by atoms with E-state index < -0.39 is 0 Å². The number of rotatable bonds is 5. The van der Waals surface area contributed by atoms with E-state index in [0.717, 1.165) is 33.6 Å². The number of hydrogen-bond acceptors (Lipinski definition) is 4. The van der Waals surface area contributed by atoms with Crippen LogP contribution < -0.4 is 5.32 Å². The highest BCUT2D eigenvalue weighted by atomic mass is 32.1. The smallest absolute Gasteiger partial charge is 0.139 e. The Bertz CT molecular complexity index is 1020. The summed E-state index contributed by atoms with van der Waals surface area (Å²) in [5.41, 5.74) is 4.51. The van der Waals surface area contributed by atoms with E-state index in [-0.39, 0.29) is 5.82 Å². The third-order valence-electron chi connectivity index (χ3n) is 4.42. The van der Waals surface area contributed by atoms with Crippen LogP contribution in [0.3, 0.4) is 0 Å². The molecule has 2 aromatic carbocycles. The number of anilines is 1. The van der Waals surface area contributed by atoms with Gasteiger partial charge in [0.2, 0.25) is 0 Å². The van der Waals surface area contributed by atoms with Crippen LogP contribution in [0.5, 0.6) is 0 Å². The van der Waals surface area contributed by atoms with Crippen LogP contribution in [0.4, 0.5) is 10.2 Å². The van der Waals surface area contributed by atoms with Crippen molar-refractivity contribution in [3.63, 3.8) is 0 Å². The van der Waals surface area contributed by atoms with Crippen molar-refractivity contribution in [3.05, 3.63) is 77.2 Å². The van der Waals surface area contributed by atoms with E-state index in [1.54, 1.807) is 29.8 Å². The van der Waals surface area contributed by atoms with Gasteiger partial charge in [-0.15, -0.1) is 11.3 Å². The Morgan fingerprint density at radius 2 is 1.69 bits per heavy atom. The topological polar surface area (TPSA) is 37.8 Å². The highest BCUT2D eigenvalue weighted by Gasteiger charge is 2.13. The van der Waals surface area contributed by atoms with Crippen LogP contribution in [0.25, 0.3) is 21.3 Å². The number of nitrogens with zero attached hydrogens (tertiary/aromatic N) is 2. The zero-order valence-corrected chi connectivity index (χ0v) is 15.2. The van der Waals surface area contributed by atoms with E-state index in [2.05, 4.69) is 46.5 Å². The van der Waals surface area contributed by atoms with Crippen LogP contribution in [0, 0.1) is 5.82 Å². The quantitative estimate of drug-likeness (QED) is 0.496. The summed E-state index contributed by atoms with van der Waals surface area (Å²) in [7, 11) is 0. The lowest BCUT2D eigenvalue weighted by molar-refractivity contribution is 0.628. The maximum atomic E-state index is 13.2. The van der Waals surface area contributed by atoms with E-state index >= 15 is 0 Å². The highest BCUT2D eigenvalue weighted by molar-refractivity contribution is 7.17. The van der Waals surface area contributed by atoms with Crippen molar-refractivity contribution < 1.29 is 4.39 Å². The van der Waals surface area contributed by atoms with Gasteiger partial charge in [0.25, 0.3) is 0 Å². The lowest BCUT2D eigenvalue weighted by atomic mass is 10.1. The minimum absolute atomic E-state index is 0.238. The van der Waals surface area contributed by atoms with E-state index in [0.29, 0.717) is 6.54 Å². The largest absolute Gasteiger partial charge is 0.365 e. The first-order valence-electron chi connectivity index (χ1n) is 8.54. The molecule has 4 rings (SSSR count). The van der Waals surface area contributed by atoms with E-state index in [9.17, 15) is 4.39 Å². The van der Waals surface area contributed by atoms with Gasteiger partial charge in [-0.1, -0.05) is 43.3 Å². The lowest BCUT2D eigenvalue weighted by Gasteiger charge is -2.09. The van der Waals surface area contributed by atoms with Crippen molar-refractivity contribution in [2.24, 2.45) is 0 Å². The molecule has 0 amide bonds. The van der Waals surface area contributed by atoms with Crippen LogP contribution >= 0.6 is 11.3 Å². The predicted octanol–water partition coefficient (Wildman–Crippen LogP) is 5.67. The number of aryl methyl sites for hydroxylation is 1. The number of hydrogen-bond donors (Lipinski definition) is 1. The number of nitrogens with one attached hydrogen (secondary N) is 1. The molecule has 1 N–H and O–H groups in total. The minimum Gasteiger partial charge on any atom is -0.365 e. The molecule has 0 atom stereocenters. The van der Waals surface area contributed by atoms with Gasteiger partial charge in [-0.05, 0) is 35.2 Å². The zero-order chi connectivity index (χ0) is 17.9. The predicted molar refractivity (Wildman–Crippen MR) is 106 cm³/mol. The molecule has 0 saturated carbocycles. The Morgan fingerprint density at radius 3 is 2.42 bits per heavy atom. The number of aromatic nitrogens is 2. The fraction of sp³-hybridized carbons (Fsp3) is 0.143. The molecule has 0 bridgehead atoms. The summed E-state index contributed by atoms with van der Waals surface area (Å²) in [6.07, 6.45) is 2.62. The maximum Gasteiger partial charge on any atom is 0.139 e. The number of fused-ring (bicyclic) bond motifs is 1. The molecule has 0 saturated heterocycles. The maximum absolute atomic E-state index is 13.2. The zero-order valence-electron chi connectivity index (χ0n) is 14.4. The Hall–Kier alpha value is -2.79. The normalized spacial score (nSPS) is 11.0. The number of thiophene rings is 1. The average molecular weight is 363 g/mol. The highest BCUT2D eigenvalue weighted by Crippen LogP contribution is 2.36. The fourth-order valence-corrected chi connectivity index (χ4v) is 3.85. The molecule has 0 unspecified atom stereocenters. The summed E-state index contributed by atoms with van der Waals surface area (Å²) in [6, 6.07) is 15.1. The molecular formula is C21H18FN3S. The molecular weight excluding hydrogens is 345 g/mol.